The Morgan fingerprint density at radius 3 is 1.85 bits per heavy atom. The molecule has 0 aliphatic rings. The molecule has 0 atom stereocenters. The van der Waals surface area contributed by atoms with E-state index in [0.717, 1.165) is 11.1 Å². The van der Waals surface area contributed by atoms with Gasteiger partial charge < -0.3 is 9.47 Å². The number of rotatable bonds is 6. The quantitative estimate of drug-likeness (QED) is 0.544. The number of hydrogen-bond acceptors (Lipinski definition) is 5. The zero-order valence-corrected chi connectivity index (χ0v) is 16.0. The number of methoxy groups -OCH3 is 1. The van der Waals surface area contributed by atoms with Crippen LogP contribution in [0.3, 0.4) is 0 Å². The Morgan fingerprint density at radius 2 is 1.37 bits per heavy atom. The molecule has 136 valence electrons. The molecule has 5 nitrogen and oxygen atoms in total. The van der Waals surface area contributed by atoms with Gasteiger partial charge in [0.15, 0.2) is 0 Å². The molecule has 0 aliphatic heterocycles. The molecule has 0 saturated carbocycles. The summed E-state index contributed by atoms with van der Waals surface area (Å²) in [7, 11) is 1.57. The van der Waals surface area contributed by atoms with E-state index in [2.05, 4.69) is 9.97 Å². The van der Waals surface area contributed by atoms with Gasteiger partial charge in [0.1, 0.15) is 18.4 Å². The first-order chi connectivity index (χ1) is 13.1. The first-order valence-corrected chi connectivity index (χ1v) is 8.83. The zero-order valence-electron chi connectivity index (χ0n) is 14.4. The van der Waals surface area contributed by atoms with E-state index in [1.54, 1.807) is 31.4 Å². The molecule has 3 rings (SSSR count). The molecule has 2 aromatic carbocycles. The van der Waals surface area contributed by atoms with Gasteiger partial charge >= 0.3 is 0 Å². The minimum atomic E-state index is 0.105. The first kappa shape index (κ1) is 19.1. The molecule has 0 unspecified atom stereocenters. The van der Waals surface area contributed by atoms with Crippen molar-refractivity contribution >= 4 is 23.2 Å². The van der Waals surface area contributed by atoms with E-state index in [1.807, 2.05) is 30.3 Å². The molecule has 1 aromatic heterocycles. The molecule has 27 heavy (non-hydrogen) atoms. The molecular formula is C20H15Cl2N3O2. The average molecular weight is 400 g/mol. The van der Waals surface area contributed by atoms with Crippen LogP contribution in [0.5, 0.6) is 5.88 Å². The van der Waals surface area contributed by atoms with Gasteiger partial charge in [-0.05, 0) is 24.3 Å². The molecule has 0 spiro atoms. The van der Waals surface area contributed by atoms with Crippen molar-refractivity contribution < 1.29 is 9.47 Å². The molecular weight excluding hydrogens is 385 g/mol. The summed E-state index contributed by atoms with van der Waals surface area (Å²) >= 11 is 12.0. The van der Waals surface area contributed by atoms with Crippen LogP contribution in [0.15, 0.2) is 48.5 Å². The maximum atomic E-state index is 9.49. The standard InChI is InChI=1S/C20H15Cl2N3O2/c1-26-10-11-27-20-17(12-23)24-18(13-2-6-15(21)7-3-13)19(25-20)14-4-8-16(22)9-5-14/h2-9H,10-11H2,1H3. The summed E-state index contributed by atoms with van der Waals surface area (Å²) in [5.41, 5.74) is 2.84. The van der Waals surface area contributed by atoms with Crippen molar-refractivity contribution in [1.82, 2.24) is 9.97 Å². The number of hydrogen-bond donors (Lipinski definition) is 0. The highest BCUT2D eigenvalue weighted by molar-refractivity contribution is 6.31. The van der Waals surface area contributed by atoms with E-state index < -0.39 is 0 Å². The van der Waals surface area contributed by atoms with Gasteiger partial charge in [0.2, 0.25) is 5.69 Å². The van der Waals surface area contributed by atoms with Crippen molar-refractivity contribution in [3.8, 4) is 34.5 Å². The van der Waals surface area contributed by atoms with Crippen molar-refractivity contribution in [2.75, 3.05) is 20.3 Å². The van der Waals surface area contributed by atoms with Crippen molar-refractivity contribution in [1.29, 1.82) is 5.26 Å². The second-order valence-electron chi connectivity index (χ2n) is 5.54. The number of nitrogens with zero attached hydrogens (tertiary/aromatic N) is 3. The highest BCUT2D eigenvalue weighted by Crippen LogP contribution is 2.33. The highest BCUT2D eigenvalue weighted by atomic mass is 35.5. The van der Waals surface area contributed by atoms with Gasteiger partial charge in [-0.15, -0.1) is 0 Å². The predicted molar refractivity (Wildman–Crippen MR) is 105 cm³/mol. The summed E-state index contributed by atoms with van der Waals surface area (Å²) in [5, 5.41) is 10.7. The summed E-state index contributed by atoms with van der Waals surface area (Å²) < 4.78 is 10.6. The molecule has 0 bridgehead atoms. The smallest absolute Gasteiger partial charge is 0.251 e. The third-order valence-corrected chi connectivity index (χ3v) is 4.24. The number of aromatic nitrogens is 2. The van der Waals surface area contributed by atoms with Crippen molar-refractivity contribution in [3.05, 3.63) is 64.3 Å². The largest absolute Gasteiger partial charge is 0.473 e. The summed E-state index contributed by atoms with van der Waals surface area (Å²) in [4.78, 5) is 9.08. The maximum Gasteiger partial charge on any atom is 0.251 e. The van der Waals surface area contributed by atoms with Crippen LogP contribution in [-0.2, 0) is 4.74 Å². The molecule has 0 amide bonds. The van der Waals surface area contributed by atoms with Crippen molar-refractivity contribution in [2.24, 2.45) is 0 Å². The maximum absolute atomic E-state index is 9.49. The van der Waals surface area contributed by atoms with E-state index in [-0.39, 0.29) is 18.2 Å². The lowest BCUT2D eigenvalue weighted by Crippen LogP contribution is -2.09. The van der Waals surface area contributed by atoms with E-state index in [1.165, 1.54) is 0 Å². The molecule has 7 heteroatoms. The average Bonchev–Trinajstić information content (AvgIpc) is 2.69. The molecule has 0 radical (unpaired) electrons. The van der Waals surface area contributed by atoms with Gasteiger partial charge in [0.05, 0.1) is 12.3 Å². The van der Waals surface area contributed by atoms with E-state index in [4.69, 9.17) is 32.7 Å². The third kappa shape index (κ3) is 4.55. The number of nitriles is 1. The number of ether oxygens (including phenoxy) is 2. The van der Waals surface area contributed by atoms with E-state index in [9.17, 15) is 5.26 Å². The predicted octanol–water partition coefficient (Wildman–Crippen LogP) is 5.01. The highest BCUT2D eigenvalue weighted by Gasteiger charge is 2.18. The number of halogens is 2. The Labute approximate surface area is 167 Å². The zero-order chi connectivity index (χ0) is 19.2. The van der Waals surface area contributed by atoms with Gasteiger partial charge in [-0.2, -0.15) is 5.26 Å². The molecule has 3 aromatic rings. The fourth-order valence-corrected chi connectivity index (χ4v) is 2.69. The van der Waals surface area contributed by atoms with Crippen LogP contribution in [0, 0.1) is 11.3 Å². The SMILES string of the molecule is COCCOc1nc(-c2ccc(Cl)cc2)c(-c2ccc(Cl)cc2)nc1C#N. The Hall–Kier alpha value is -2.65. The fraction of sp³-hybridized carbons (Fsp3) is 0.150. The van der Waals surface area contributed by atoms with E-state index >= 15 is 0 Å². The normalized spacial score (nSPS) is 10.4. The van der Waals surface area contributed by atoms with Crippen LogP contribution in [0.1, 0.15) is 5.69 Å². The summed E-state index contributed by atoms with van der Waals surface area (Å²) in [6.07, 6.45) is 0. The van der Waals surface area contributed by atoms with Crippen LogP contribution in [0.4, 0.5) is 0 Å². The van der Waals surface area contributed by atoms with Gasteiger partial charge in [0.25, 0.3) is 5.88 Å². The van der Waals surface area contributed by atoms with Gasteiger partial charge in [0, 0.05) is 28.3 Å². The molecule has 0 saturated heterocycles. The van der Waals surface area contributed by atoms with Crippen LogP contribution in [0.25, 0.3) is 22.5 Å². The Morgan fingerprint density at radius 1 is 0.852 bits per heavy atom. The van der Waals surface area contributed by atoms with Crippen LogP contribution < -0.4 is 4.74 Å². The third-order valence-electron chi connectivity index (χ3n) is 3.73. The van der Waals surface area contributed by atoms with Gasteiger partial charge in [-0.3, -0.25) is 0 Å². The van der Waals surface area contributed by atoms with Gasteiger partial charge in [-0.25, -0.2) is 9.97 Å². The minimum absolute atomic E-state index is 0.105. The van der Waals surface area contributed by atoms with Crippen molar-refractivity contribution in [3.63, 3.8) is 0 Å². The lowest BCUT2D eigenvalue weighted by molar-refractivity contribution is 0.143. The Kier molecular flexibility index (Phi) is 6.25. The molecule has 1 heterocycles. The topological polar surface area (TPSA) is 68.0 Å². The first-order valence-electron chi connectivity index (χ1n) is 8.08. The summed E-state index contributed by atoms with van der Waals surface area (Å²) in [5.74, 6) is 0.164. The number of benzene rings is 2. The van der Waals surface area contributed by atoms with Crippen LogP contribution in [0.2, 0.25) is 10.0 Å². The molecule has 0 fully saturated rings. The lowest BCUT2D eigenvalue weighted by Gasteiger charge is -2.13. The van der Waals surface area contributed by atoms with Crippen LogP contribution in [-0.4, -0.2) is 30.3 Å². The van der Waals surface area contributed by atoms with Crippen molar-refractivity contribution in [2.45, 2.75) is 0 Å². The lowest BCUT2D eigenvalue weighted by atomic mass is 10.0. The molecule has 0 N–H and O–H groups in total. The summed E-state index contributed by atoms with van der Waals surface area (Å²) in [6, 6.07) is 16.5. The van der Waals surface area contributed by atoms with E-state index in [0.29, 0.717) is 28.0 Å². The minimum Gasteiger partial charge on any atom is -0.473 e. The Balaban J connectivity index is 2.16. The second-order valence-corrected chi connectivity index (χ2v) is 6.41. The Bertz CT molecular complexity index is 968. The fourth-order valence-electron chi connectivity index (χ4n) is 2.43. The van der Waals surface area contributed by atoms with Crippen LogP contribution >= 0.6 is 23.2 Å². The monoisotopic (exact) mass is 399 g/mol. The molecule has 0 aliphatic carbocycles. The van der Waals surface area contributed by atoms with Gasteiger partial charge in [-0.1, -0.05) is 47.5 Å². The second kappa shape index (κ2) is 8.83. The summed E-state index contributed by atoms with van der Waals surface area (Å²) in [6.45, 7) is 0.641.